The van der Waals surface area contributed by atoms with E-state index in [-0.39, 0.29) is 5.91 Å². The summed E-state index contributed by atoms with van der Waals surface area (Å²) >= 11 is 1.70. The molecule has 23 heavy (non-hydrogen) atoms. The van der Waals surface area contributed by atoms with Crippen molar-refractivity contribution < 1.29 is 4.79 Å². The quantitative estimate of drug-likeness (QED) is 0.901. The Labute approximate surface area is 140 Å². The molecule has 122 valence electrons. The predicted molar refractivity (Wildman–Crippen MR) is 96.5 cm³/mol. The summed E-state index contributed by atoms with van der Waals surface area (Å²) in [5.41, 5.74) is 3.14. The number of nitrogens with zero attached hydrogens (tertiary/aromatic N) is 2. The Morgan fingerprint density at radius 2 is 2.13 bits per heavy atom. The average molecular weight is 330 g/mol. The topological polar surface area (TPSA) is 57.3 Å². The van der Waals surface area contributed by atoms with E-state index < -0.39 is 0 Å². The summed E-state index contributed by atoms with van der Waals surface area (Å²) in [5.74, 6) is -0.0449. The lowest BCUT2D eigenvalue weighted by Gasteiger charge is -2.33. The third-order valence-corrected chi connectivity index (χ3v) is 4.93. The first kappa shape index (κ1) is 15.8. The first-order valence-corrected chi connectivity index (χ1v) is 8.79. The van der Waals surface area contributed by atoms with Crippen molar-refractivity contribution in [1.29, 1.82) is 0 Å². The van der Waals surface area contributed by atoms with E-state index in [9.17, 15) is 4.79 Å². The van der Waals surface area contributed by atoms with Crippen molar-refractivity contribution in [3.63, 3.8) is 0 Å². The highest BCUT2D eigenvalue weighted by atomic mass is 32.1. The molecule has 1 aliphatic heterocycles. The number of carbonyl (C=O) groups is 1. The number of aryl methyl sites for hydroxylation is 1. The molecule has 5 nitrogen and oxygen atoms in total. The molecule has 1 amide bonds. The number of aromatic nitrogens is 1. The predicted octanol–water partition coefficient (Wildman–Crippen LogP) is 3.49. The highest BCUT2D eigenvalue weighted by Crippen LogP contribution is 2.26. The zero-order valence-corrected chi connectivity index (χ0v) is 14.3. The maximum absolute atomic E-state index is 11.2. The second-order valence-corrected chi connectivity index (χ2v) is 6.80. The summed E-state index contributed by atoms with van der Waals surface area (Å²) in [6.45, 7) is 5.66. The van der Waals surface area contributed by atoms with Gasteiger partial charge in [-0.3, -0.25) is 4.79 Å². The zero-order chi connectivity index (χ0) is 16.2. The first-order valence-electron chi connectivity index (χ1n) is 7.91. The van der Waals surface area contributed by atoms with Crippen LogP contribution in [0, 0.1) is 6.92 Å². The fourth-order valence-corrected chi connectivity index (χ4v) is 3.56. The monoisotopic (exact) mass is 330 g/mol. The second kappa shape index (κ2) is 7.00. The van der Waals surface area contributed by atoms with Crippen molar-refractivity contribution in [3.8, 4) is 0 Å². The molecule has 1 aromatic heterocycles. The first-order chi connectivity index (χ1) is 11.1. The number of thiazole rings is 1. The van der Waals surface area contributed by atoms with Gasteiger partial charge < -0.3 is 15.5 Å². The fraction of sp³-hybridized carbons (Fsp3) is 0.412. The third kappa shape index (κ3) is 4.01. The van der Waals surface area contributed by atoms with Gasteiger partial charge in [-0.1, -0.05) is 6.07 Å². The maximum Gasteiger partial charge on any atom is 0.221 e. The lowest BCUT2D eigenvalue weighted by Crippen LogP contribution is -2.39. The molecule has 0 spiro atoms. The summed E-state index contributed by atoms with van der Waals surface area (Å²) < 4.78 is 0. The number of hydrogen-bond donors (Lipinski definition) is 2. The van der Waals surface area contributed by atoms with Gasteiger partial charge in [-0.15, -0.1) is 11.3 Å². The lowest BCUT2D eigenvalue weighted by atomic mass is 10.0. The summed E-state index contributed by atoms with van der Waals surface area (Å²) in [4.78, 5) is 17.9. The molecule has 0 aliphatic carbocycles. The molecule has 1 saturated heterocycles. The van der Waals surface area contributed by atoms with Gasteiger partial charge in [0.2, 0.25) is 5.91 Å². The molecular formula is C17H22N4OS. The molecule has 2 N–H and O–H groups in total. The van der Waals surface area contributed by atoms with Crippen molar-refractivity contribution >= 4 is 33.8 Å². The molecule has 3 rings (SSSR count). The lowest BCUT2D eigenvalue weighted by molar-refractivity contribution is -0.114. The van der Waals surface area contributed by atoms with Gasteiger partial charge in [0, 0.05) is 49.0 Å². The van der Waals surface area contributed by atoms with Crippen molar-refractivity contribution in [2.45, 2.75) is 32.7 Å². The molecular weight excluding hydrogens is 308 g/mol. The van der Waals surface area contributed by atoms with Crippen molar-refractivity contribution in [1.82, 2.24) is 4.98 Å². The van der Waals surface area contributed by atoms with Crippen molar-refractivity contribution in [2.24, 2.45) is 0 Å². The smallest absolute Gasteiger partial charge is 0.221 e. The van der Waals surface area contributed by atoms with Crippen LogP contribution in [0.15, 0.2) is 29.8 Å². The van der Waals surface area contributed by atoms with Crippen LogP contribution in [-0.2, 0) is 4.79 Å². The van der Waals surface area contributed by atoms with Gasteiger partial charge in [-0.2, -0.15) is 0 Å². The van der Waals surface area contributed by atoms with Crippen LogP contribution in [0.5, 0.6) is 0 Å². The van der Waals surface area contributed by atoms with Crippen LogP contribution in [-0.4, -0.2) is 30.0 Å². The van der Waals surface area contributed by atoms with Gasteiger partial charge in [-0.05, 0) is 37.5 Å². The van der Waals surface area contributed by atoms with Gasteiger partial charge >= 0.3 is 0 Å². The third-order valence-electron chi connectivity index (χ3n) is 4.10. The van der Waals surface area contributed by atoms with Gasteiger partial charge in [0.25, 0.3) is 0 Å². The van der Waals surface area contributed by atoms with Crippen LogP contribution >= 0.6 is 11.3 Å². The minimum atomic E-state index is -0.0449. The molecule has 0 bridgehead atoms. The largest absolute Gasteiger partial charge is 0.382 e. The Hall–Kier alpha value is -2.08. The number of nitrogens with one attached hydrogen (secondary N) is 2. The summed E-state index contributed by atoms with van der Waals surface area (Å²) in [6, 6.07) is 6.45. The Morgan fingerprint density at radius 1 is 1.35 bits per heavy atom. The number of amides is 1. The number of anilines is 3. The van der Waals surface area contributed by atoms with Crippen LogP contribution in [0.3, 0.4) is 0 Å². The maximum atomic E-state index is 11.2. The van der Waals surface area contributed by atoms with Crippen LogP contribution in [0.2, 0.25) is 0 Å². The summed E-state index contributed by atoms with van der Waals surface area (Å²) in [7, 11) is 0. The number of carbonyl (C=O) groups excluding carboxylic acids is 1. The van der Waals surface area contributed by atoms with Crippen molar-refractivity contribution in [2.75, 3.05) is 28.6 Å². The Balaban J connectivity index is 1.61. The molecule has 0 radical (unpaired) electrons. The Bertz CT molecular complexity index is 663. The van der Waals surface area contributed by atoms with E-state index in [1.807, 2.05) is 29.8 Å². The molecule has 1 aliphatic rings. The van der Waals surface area contributed by atoms with Crippen LogP contribution in [0.1, 0.15) is 25.3 Å². The normalized spacial score (nSPS) is 15.5. The van der Waals surface area contributed by atoms with E-state index in [0.29, 0.717) is 6.04 Å². The van der Waals surface area contributed by atoms with Gasteiger partial charge in [0.1, 0.15) is 0 Å². The van der Waals surface area contributed by atoms with Gasteiger partial charge in [0.05, 0.1) is 0 Å². The minimum Gasteiger partial charge on any atom is -0.382 e. The Kier molecular flexibility index (Phi) is 4.81. The van der Waals surface area contributed by atoms with E-state index in [1.54, 1.807) is 11.3 Å². The minimum absolute atomic E-state index is 0.0449. The molecule has 0 atom stereocenters. The molecule has 6 heteroatoms. The average Bonchev–Trinajstić information content (AvgIpc) is 3.05. The molecule has 2 aromatic rings. The molecule has 0 saturated carbocycles. The van der Waals surface area contributed by atoms with Gasteiger partial charge in [0.15, 0.2) is 5.13 Å². The summed E-state index contributed by atoms with van der Waals surface area (Å²) in [5, 5.41) is 9.62. The number of piperidine rings is 1. The molecule has 0 unspecified atom stereocenters. The highest BCUT2D eigenvalue weighted by Gasteiger charge is 2.21. The van der Waals surface area contributed by atoms with Crippen molar-refractivity contribution in [3.05, 3.63) is 35.3 Å². The van der Waals surface area contributed by atoms with Gasteiger partial charge in [-0.25, -0.2) is 4.98 Å². The van der Waals surface area contributed by atoms with E-state index in [4.69, 9.17) is 0 Å². The van der Waals surface area contributed by atoms with Crippen LogP contribution in [0.25, 0.3) is 0 Å². The number of rotatable bonds is 4. The summed E-state index contributed by atoms with van der Waals surface area (Å²) in [6.07, 6.45) is 4.04. The highest BCUT2D eigenvalue weighted by molar-refractivity contribution is 7.13. The molecule has 1 aromatic carbocycles. The molecule has 2 heterocycles. The van der Waals surface area contributed by atoms with Crippen LogP contribution < -0.4 is 15.5 Å². The Morgan fingerprint density at radius 3 is 2.78 bits per heavy atom. The standard InChI is InChI=1S/C17H22N4OS/c1-12-3-4-15(19-13(2)22)11-16(12)20-14-5-8-21(9-6-14)17-18-7-10-23-17/h3-4,7,10-11,14,20H,5-6,8-9H2,1-2H3,(H,19,22). The van der Waals surface area contributed by atoms with E-state index in [0.717, 1.165) is 42.4 Å². The van der Waals surface area contributed by atoms with Crippen LogP contribution in [0.4, 0.5) is 16.5 Å². The fourth-order valence-electron chi connectivity index (χ4n) is 2.87. The SMILES string of the molecule is CC(=O)Nc1ccc(C)c(NC2CCN(c3nccs3)CC2)c1. The molecule has 1 fully saturated rings. The second-order valence-electron chi connectivity index (χ2n) is 5.93. The number of hydrogen-bond acceptors (Lipinski definition) is 5. The van der Waals surface area contributed by atoms with E-state index >= 15 is 0 Å². The zero-order valence-electron chi connectivity index (χ0n) is 13.5. The number of benzene rings is 1. The van der Waals surface area contributed by atoms with E-state index in [2.05, 4.69) is 27.4 Å². The van der Waals surface area contributed by atoms with E-state index in [1.165, 1.54) is 12.5 Å².